The van der Waals surface area contributed by atoms with Gasteiger partial charge >= 0.3 is 0 Å². The molecule has 33 heavy (non-hydrogen) atoms. The van der Waals surface area contributed by atoms with E-state index in [4.69, 9.17) is 0 Å². The monoisotopic (exact) mass is 449 g/mol. The zero-order valence-electron chi connectivity index (χ0n) is 19.6. The maximum Gasteiger partial charge on any atom is 0.243 e. The predicted molar refractivity (Wildman–Crippen MR) is 130 cm³/mol. The molecule has 0 aromatic heterocycles. The Labute approximate surface area is 196 Å². The Morgan fingerprint density at radius 3 is 2.18 bits per heavy atom. The molecule has 2 aromatic rings. The highest BCUT2D eigenvalue weighted by Gasteiger charge is 2.43. The fourth-order valence-corrected chi connectivity index (χ4v) is 4.17. The number of hydrogen-bond donors (Lipinski definition) is 3. The molecule has 1 aliphatic carbocycles. The standard InChI is InChI=1S/C27H35N3O3/c1-20(2)15-23(18-31)29-26(33)24(16-21-9-5-3-6-10-21)30-25(32)17-28-19-27(13-14-27)22-11-7-4-8-12-22/h3-12,18,20,23-24,28H,13-17,19H2,1-2H3,(H,29,33)(H,30,32)/t23-,24?/m1/s1. The normalized spacial score (nSPS) is 16.0. The highest BCUT2D eigenvalue weighted by atomic mass is 16.2. The van der Waals surface area contributed by atoms with Crippen LogP contribution < -0.4 is 16.0 Å². The highest BCUT2D eigenvalue weighted by molar-refractivity contribution is 5.89. The van der Waals surface area contributed by atoms with Gasteiger partial charge in [-0.15, -0.1) is 0 Å². The molecule has 2 atom stereocenters. The third kappa shape index (κ3) is 7.53. The topological polar surface area (TPSA) is 87.3 Å². The zero-order valence-corrected chi connectivity index (χ0v) is 19.6. The van der Waals surface area contributed by atoms with E-state index in [0.717, 1.165) is 31.2 Å². The summed E-state index contributed by atoms with van der Waals surface area (Å²) in [6, 6.07) is 18.6. The number of carbonyl (C=O) groups is 3. The molecule has 1 fully saturated rings. The average Bonchev–Trinajstić information content (AvgIpc) is 3.60. The van der Waals surface area contributed by atoms with Crippen LogP contribution in [0, 0.1) is 5.92 Å². The lowest BCUT2D eigenvalue weighted by Crippen LogP contribution is -2.53. The summed E-state index contributed by atoms with van der Waals surface area (Å²) in [7, 11) is 0. The second kappa shape index (κ2) is 11.8. The Bertz CT molecular complexity index is 911. The van der Waals surface area contributed by atoms with E-state index in [9.17, 15) is 14.4 Å². The molecular weight excluding hydrogens is 414 g/mol. The number of amides is 2. The number of aldehydes is 1. The molecule has 1 aliphatic rings. The number of nitrogens with one attached hydrogen (secondary N) is 3. The minimum Gasteiger partial charge on any atom is -0.345 e. The fraction of sp³-hybridized carbons (Fsp3) is 0.444. The van der Waals surface area contributed by atoms with Crippen molar-refractivity contribution in [3.05, 3.63) is 71.8 Å². The second-order valence-electron chi connectivity index (χ2n) is 9.44. The van der Waals surface area contributed by atoms with Crippen LogP contribution in [0.15, 0.2) is 60.7 Å². The van der Waals surface area contributed by atoms with Crippen molar-refractivity contribution in [3.63, 3.8) is 0 Å². The van der Waals surface area contributed by atoms with Crippen molar-refractivity contribution in [2.45, 2.75) is 57.0 Å². The first-order valence-electron chi connectivity index (χ1n) is 11.8. The van der Waals surface area contributed by atoms with Gasteiger partial charge in [0.05, 0.1) is 12.6 Å². The molecule has 2 amide bonds. The molecule has 1 saturated carbocycles. The lowest BCUT2D eigenvalue weighted by atomic mass is 9.96. The van der Waals surface area contributed by atoms with Gasteiger partial charge in [-0.25, -0.2) is 0 Å². The Hall–Kier alpha value is -2.99. The number of rotatable bonds is 13. The minimum absolute atomic E-state index is 0.108. The van der Waals surface area contributed by atoms with Crippen molar-refractivity contribution in [2.75, 3.05) is 13.1 Å². The highest BCUT2D eigenvalue weighted by Crippen LogP contribution is 2.47. The van der Waals surface area contributed by atoms with E-state index in [2.05, 4.69) is 28.1 Å². The molecule has 0 heterocycles. The first kappa shape index (κ1) is 24.6. The Kier molecular flexibility index (Phi) is 8.78. The van der Waals surface area contributed by atoms with Gasteiger partial charge in [0, 0.05) is 18.4 Å². The summed E-state index contributed by atoms with van der Waals surface area (Å²) in [4.78, 5) is 37.1. The molecular formula is C27H35N3O3. The summed E-state index contributed by atoms with van der Waals surface area (Å²) in [6.07, 6.45) is 3.89. The quantitative estimate of drug-likeness (QED) is 0.411. The van der Waals surface area contributed by atoms with Crippen LogP contribution >= 0.6 is 0 Å². The summed E-state index contributed by atoms with van der Waals surface area (Å²) >= 11 is 0. The van der Waals surface area contributed by atoms with Crippen molar-refractivity contribution < 1.29 is 14.4 Å². The maximum absolute atomic E-state index is 13.0. The number of carbonyl (C=O) groups excluding carboxylic acids is 3. The fourth-order valence-electron chi connectivity index (χ4n) is 4.17. The third-order valence-corrected chi connectivity index (χ3v) is 6.14. The van der Waals surface area contributed by atoms with Gasteiger partial charge < -0.3 is 20.7 Å². The van der Waals surface area contributed by atoms with E-state index in [1.807, 2.05) is 62.4 Å². The van der Waals surface area contributed by atoms with E-state index in [1.54, 1.807) is 0 Å². The van der Waals surface area contributed by atoms with Gasteiger partial charge in [-0.3, -0.25) is 9.59 Å². The van der Waals surface area contributed by atoms with Gasteiger partial charge in [0.15, 0.2) is 0 Å². The summed E-state index contributed by atoms with van der Waals surface area (Å²) in [5, 5.41) is 8.93. The van der Waals surface area contributed by atoms with Gasteiger partial charge in [-0.05, 0) is 36.3 Å². The smallest absolute Gasteiger partial charge is 0.243 e. The second-order valence-corrected chi connectivity index (χ2v) is 9.44. The number of hydrogen-bond acceptors (Lipinski definition) is 4. The Morgan fingerprint density at radius 1 is 0.970 bits per heavy atom. The molecule has 0 aliphatic heterocycles. The summed E-state index contributed by atoms with van der Waals surface area (Å²) < 4.78 is 0. The van der Waals surface area contributed by atoms with E-state index >= 15 is 0 Å². The van der Waals surface area contributed by atoms with Gasteiger partial charge in [0.1, 0.15) is 12.3 Å². The molecule has 6 heteroatoms. The van der Waals surface area contributed by atoms with Crippen molar-refractivity contribution in [1.82, 2.24) is 16.0 Å². The molecule has 3 N–H and O–H groups in total. The van der Waals surface area contributed by atoms with Crippen molar-refractivity contribution in [3.8, 4) is 0 Å². The summed E-state index contributed by atoms with van der Waals surface area (Å²) in [5.74, 6) is -0.305. The first-order valence-corrected chi connectivity index (χ1v) is 11.8. The van der Waals surface area contributed by atoms with Crippen LogP contribution in [-0.2, 0) is 26.2 Å². The third-order valence-electron chi connectivity index (χ3n) is 6.14. The molecule has 2 aromatic carbocycles. The molecule has 3 rings (SSSR count). The maximum atomic E-state index is 13.0. The first-order chi connectivity index (χ1) is 15.9. The van der Waals surface area contributed by atoms with Crippen LogP contribution in [0.1, 0.15) is 44.2 Å². The van der Waals surface area contributed by atoms with Gasteiger partial charge in [-0.1, -0.05) is 74.5 Å². The van der Waals surface area contributed by atoms with Crippen LogP contribution in [0.3, 0.4) is 0 Å². The van der Waals surface area contributed by atoms with Crippen LogP contribution in [0.5, 0.6) is 0 Å². The van der Waals surface area contributed by atoms with E-state index in [1.165, 1.54) is 5.56 Å². The zero-order chi connectivity index (χ0) is 23.7. The molecule has 1 unspecified atom stereocenters. The molecule has 0 spiro atoms. The minimum atomic E-state index is -0.750. The van der Waals surface area contributed by atoms with Crippen molar-refractivity contribution in [2.24, 2.45) is 5.92 Å². The Morgan fingerprint density at radius 2 is 1.61 bits per heavy atom. The van der Waals surface area contributed by atoms with Gasteiger partial charge in [0.2, 0.25) is 11.8 Å². The molecule has 176 valence electrons. The molecule has 6 nitrogen and oxygen atoms in total. The Balaban J connectivity index is 1.57. The number of benzene rings is 2. The summed E-state index contributed by atoms with van der Waals surface area (Å²) in [5.41, 5.74) is 2.35. The van der Waals surface area contributed by atoms with E-state index in [-0.39, 0.29) is 29.7 Å². The summed E-state index contributed by atoms with van der Waals surface area (Å²) in [6.45, 7) is 4.86. The largest absolute Gasteiger partial charge is 0.345 e. The van der Waals surface area contributed by atoms with E-state index in [0.29, 0.717) is 12.8 Å². The van der Waals surface area contributed by atoms with Crippen LogP contribution in [0.25, 0.3) is 0 Å². The molecule has 0 bridgehead atoms. The average molecular weight is 450 g/mol. The van der Waals surface area contributed by atoms with Crippen LogP contribution in [-0.4, -0.2) is 43.3 Å². The SMILES string of the molecule is CC(C)C[C@H](C=O)NC(=O)C(Cc1ccccc1)NC(=O)CNCC1(c2ccccc2)CC1. The van der Waals surface area contributed by atoms with Crippen LogP contribution in [0.4, 0.5) is 0 Å². The van der Waals surface area contributed by atoms with Crippen LogP contribution in [0.2, 0.25) is 0 Å². The lowest BCUT2D eigenvalue weighted by Gasteiger charge is -2.22. The van der Waals surface area contributed by atoms with Crippen molar-refractivity contribution >= 4 is 18.1 Å². The van der Waals surface area contributed by atoms with Crippen molar-refractivity contribution in [1.29, 1.82) is 0 Å². The molecule has 0 saturated heterocycles. The van der Waals surface area contributed by atoms with Gasteiger partial charge in [0.25, 0.3) is 0 Å². The molecule has 0 radical (unpaired) electrons. The van der Waals surface area contributed by atoms with Gasteiger partial charge in [-0.2, -0.15) is 0 Å². The van der Waals surface area contributed by atoms with E-state index < -0.39 is 12.1 Å². The predicted octanol–water partition coefficient (Wildman–Crippen LogP) is 2.77. The lowest BCUT2D eigenvalue weighted by molar-refractivity contribution is -0.129.